The van der Waals surface area contributed by atoms with Crippen molar-refractivity contribution in [2.75, 3.05) is 0 Å². The molecule has 2 aliphatic heterocycles. The van der Waals surface area contributed by atoms with Crippen LogP contribution in [0.15, 0.2) is 11.8 Å². The molecule has 0 amide bonds. The molecule has 6 atom stereocenters. The second-order valence-electron chi connectivity index (χ2n) is 4.19. The van der Waals surface area contributed by atoms with Crippen molar-refractivity contribution in [2.24, 2.45) is 5.92 Å². The van der Waals surface area contributed by atoms with E-state index in [1.165, 1.54) is 6.26 Å². The Kier molecular flexibility index (Phi) is 1.43. The lowest BCUT2D eigenvalue weighted by Crippen LogP contribution is -2.54. The van der Waals surface area contributed by atoms with Crippen molar-refractivity contribution in [3.8, 4) is 0 Å². The predicted octanol–water partition coefficient (Wildman–Crippen LogP) is -1.27. The summed E-state index contributed by atoms with van der Waals surface area (Å²) in [5, 5.41) is 29.6. The molecule has 0 radical (unpaired) electrons. The van der Waals surface area contributed by atoms with E-state index < -0.39 is 23.9 Å². The molecule has 0 spiro atoms. The molecule has 0 bridgehead atoms. The topological polar surface area (TPSA) is 82.5 Å². The molecule has 1 saturated heterocycles. The van der Waals surface area contributed by atoms with Crippen molar-refractivity contribution in [2.45, 2.75) is 37.1 Å². The molecule has 0 unspecified atom stereocenters. The number of aliphatic hydroxyl groups is 3. The molecule has 2 fully saturated rings. The van der Waals surface area contributed by atoms with E-state index in [0.29, 0.717) is 5.57 Å². The van der Waals surface area contributed by atoms with Gasteiger partial charge in [0.1, 0.15) is 17.8 Å². The van der Waals surface area contributed by atoms with Gasteiger partial charge in [-0.1, -0.05) is 0 Å². The van der Waals surface area contributed by atoms with Gasteiger partial charge in [0, 0.05) is 0 Å². The third kappa shape index (κ3) is 0.752. The Morgan fingerprint density at radius 1 is 1.36 bits per heavy atom. The summed E-state index contributed by atoms with van der Waals surface area (Å²) in [4.78, 5) is 0. The zero-order chi connectivity index (χ0) is 10.1. The number of aliphatic hydroxyl groups excluding tert-OH is 2. The van der Waals surface area contributed by atoms with Gasteiger partial charge < -0.3 is 24.8 Å². The molecule has 0 aromatic rings. The van der Waals surface area contributed by atoms with Gasteiger partial charge in [-0.3, -0.25) is 0 Å². The second kappa shape index (κ2) is 2.30. The lowest BCUT2D eigenvalue weighted by Gasteiger charge is -2.40. The van der Waals surface area contributed by atoms with Crippen molar-refractivity contribution >= 4 is 0 Å². The van der Waals surface area contributed by atoms with Crippen LogP contribution in [-0.4, -0.2) is 45.5 Å². The number of epoxide rings is 1. The van der Waals surface area contributed by atoms with Gasteiger partial charge in [0.15, 0.2) is 0 Å². The molecule has 0 aromatic carbocycles. The highest BCUT2D eigenvalue weighted by Crippen LogP contribution is 2.55. The molecule has 3 rings (SSSR count). The summed E-state index contributed by atoms with van der Waals surface area (Å²) in [6.45, 7) is 1.67. The van der Waals surface area contributed by atoms with E-state index in [0.717, 1.165) is 0 Å². The standard InChI is InChI=1S/C9H12O5/c1-3-2-13-8(11)4-5-6(14-5)7(10)9(3,4)12/h2,4-8,10-12H,1H3/t4-,5+,6+,7+,8+,9-/m0/s1. The quantitative estimate of drug-likeness (QED) is 0.425. The van der Waals surface area contributed by atoms with Crippen LogP contribution in [0.5, 0.6) is 0 Å². The minimum Gasteiger partial charge on any atom is -0.472 e. The van der Waals surface area contributed by atoms with Crippen LogP contribution < -0.4 is 0 Å². The first-order chi connectivity index (χ1) is 6.56. The van der Waals surface area contributed by atoms with Crippen LogP contribution in [0.3, 0.4) is 0 Å². The van der Waals surface area contributed by atoms with Crippen LogP contribution in [-0.2, 0) is 9.47 Å². The Hall–Kier alpha value is -0.620. The SMILES string of the molecule is CC1=CO[C@@H](O)[C@@H]2[C@H]3O[C@H]3[C@@H](O)[C@]12O. The Morgan fingerprint density at radius 3 is 2.71 bits per heavy atom. The van der Waals surface area contributed by atoms with Gasteiger partial charge in [0.25, 0.3) is 0 Å². The Balaban J connectivity index is 2.07. The molecule has 0 aromatic heterocycles. The zero-order valence-electron chi connectivity index (χ0n) is 7.62. The van der Waals surface area contributed by atoms with E-state index in [4.69, 9.17) is 9.47 Å². The van der Waals surface area contributed by atoms with Gasteiger partial charge in [-0.05, 0) is 12.5 Å². The fourth-order valence-electron chi connectivity index (χ4n) is 2.60. The molecule has 3 aliphatic rings. The molecule has 1 saturated carbocycles. The highest BCUT2D eigenvalue weighted by molar-refractivity contribution is 5.31. The zero-order valence-corrected chi connectivity index (χ0v) is 7.62. The van der Waals surface area contributed by atoms with Crippen molar-refractivity contribution in [3.05, 3.63) is 11.8 Å². The first-order valence-electron chi connectivity index (χ1n) is 4.63. The molecule has 2 heterocycles. The Morgan fingerprint density at radius 2 is 2.07 bits per heavy atom. The average molecular weight is 200 g/mol. The summed E-state index contributed by atoms with van der Waals surface area (Å²) >= 11 is 0. The number of fused-ring (bicyclic) bond motifs is 3. The number of hydrogen-bond acceptors (Lipinski definition) is 5. The summed E-state index contributed by atoms with van der Waals surface area (Å²) in [6.07, 6.45) is -1.41. The van der Waals surface area contributed by atoms with Crippen LogP contribution in [0.1, 0.15) is 6.92 Å². The third-order valence-corrected chi connectivity index (χ3v) is 3.51. The smallest absolute Gasteiger partial charge is 0.205 e. The van der Waals surface area contributed by atoms with Crippen molar-refractivity contribution in [1.29, 1.82) is 0 Å². The first kappa shape index (κ1) is 8.67. The molecular weight excluding hydrogens is 188 g/mol. The van der Waals surface area contributed by atoms with Gasteiger partial charge in [-0.2, -0.15) is 0 Å². The molecule has 3 N–H and O–H groups in total. The Labute approximate surface area is 80.6 Å². The highest BCUT2D eigenvalue weighted by atomic mass is 16.6. The van der Waals surface area contributed by atoms with Crippen molar-refractivity contribution in [1.82, 2.24) is 0 Å². The summed E-state index contributed by atoms with van der Waals surface area (Å²) < 4.78 is 10.1. The summed E-state index contributed by atoms with van der Waals surface area (Å²) in [7, 11) is 0. The average Bonchev–Trinajstić information content (AvgIpc) is 2.86. The molecule has 78 valence electrons. The van der Waals surface area contributed by atoms with E-state index in [1.54, 1.807) is 6.92 Å². The predicted molar refractivity (Wildman–Crippen MR) is 44.0 cm³/mol. The lowest BCUT2D eigenvalue weighted by molar-refractivity contribution is -0.197. The molecular formula is C9H12O5. The van der Waals surface area contributed by atoms with E-state index in [2.05, 4.69) is 0 Å². The maximum Gasteiger partial charge on any atom is 0.205 e. The molecule has 5 nitrogen and oxygen atoms in total. The van der Waals surface area contributed by atoms with E-state index in [1.807, 2.05) is 0 Å². The van der Waals surface area contributed by atoms with E-state index in [-0.39, 0.29) is 12.2 Å². The van der Waals surface area contributed by atoms with Crippen LogP contribution in [0.2, 0.25) is 0 Å². The van der Waals surface area contributed by atoms with E-state index >= 15 is 0 Å². The fourth-order valence-corrected chi connectivity index (χ4v) is 2.60. The minimum absolute atomic E-state index is 0.284. The van der Waals surface area contributed by atoms with Gasteiger partial charge in [-0.25, -0.2) is 0 Å². The maximum absolute atomic E-state index is 10.3. The molecule has 1 aliphatic carbocycles. The second-order valence-corrected chi connectivity index (χ2v) is 4.19. The lowest BCUT2D eigenvalue weighted by atomic mass is 9.80. The van der Waals surface area contributed by atoms with Gasteiger partial charge in [0.05, 0.1) is 18.3 Å². The Bertz CT molecular complexity index is 314. The van der Waals surface area contributed by atoms with Crippen LogP contribution >= 0.6 is 0 Å². The normalized spacial score (nSPS) is 59.7. The number of ether oxygens (including phenoxy) is 2. The van der Waals surface area contributed by atoms with Crippen molar-refractivity contribution in [3.63, 3.8) is 0 Å². The van der Waals surface area contributed by atoms with Gasteiger partial charge in [-0.15, -0.1) is 0 Å². The monoisotopic (exact) mass is 200 g/mol. The molecule has 5 heteroatoms. The van der Waals surface area contributed by atoms with Crippen LogP contribution in [0.25, 0.3) is 0 Å². The summed E-state index contributed by atoms with van der Waals surface area (Å²) in [5.74, 6) is -0.576. The summed E-state index contributed by atoms with van der Waals surface area (Å²) in [6, 6.07) is 0. The highest BCUT2D eigenvalue weighted by Gasteiger charge is 2.73. The number of rotatable bonds is 0. The number of hydrogen-bond donors (Lipinski definition) is 3. The fraction of sp³-hybridized carbons (Fsp3) is 0.778. The third-order valence-electron chi connectivity index (χ3n) is 3.51. The maximum atomic E-state index is 10.3. The summed E-state index contributed by atoms with van der Waals surface area (Å²) in [5.41, 5.74) is -0.846. The van der Waals surface area contributed by atoms with Crippen molar-refractivity contribution < 1.29 is 24.8 Å². The van der Waals surface area contributed by atoms with Crippen LogP contribution in [0.4, 0.5) is 0 Å². The largest absolute Gasteiger partial charge is 0.472 e. The minimum atomic E-state index is -1.38. The van der Waals surface area contributed by atoms with Gasteiger partial charge in [0.2, 0.25) is 6.29 Å². The van der Waals surface area contributed by atoms with Crippen LogP contribution in [0, 0.1) is 5.92 Å². The van der Waals surface area contributed by atoms with Gasteiger partial charge >= 0.3 is 0 Å². The molecule has 14 heavy (non-hydrogen) atoms. The first-order valence-corrected chi connectivity index (χ1v) is 4.63. The van der Waals surface area contributed by atoms with E-state index in [9.17, 15) is 15.3 Å².